The molecule has 6 nitrogen and oxygen atoms in total. The fourth-order valence-electron chi connectivity index (χ4n) is 2.11. The van der Waals surface area contributed by atoms with Gasteiger partial charge < -0.3 is 15.0 Å². The van der Waals surface area contributed by atoms with Crippen molar-refractivity contribution >= 4 is 5.91 Å². The minimum Gasteiger partial charge on any atom is -0.484 e. The fourth-order valence-corrected chi connectivity index (χ4v) is 2.11. The van der Waals surface area contributed by atoms with Crippen LogP contribution >= 0.6 is 0 Å². The van der Waals surface area contributed by atoms with E-state index in [0.717, 1.165) is 11.1 Å². The van der Waals surface area contributed by atoms with E-state index in [-0.39, 0.29) is 6.61 Å². The van der Waals surface area contributed by atoms with Crippen LogP contribution in [0.3, 0.4) is 0 Å². The number of primary amides is 1. The monoisotopic (exact) mass is 309 g/mol. The van der Waals surface area contributed by atoms with Gasteiger partial charge in [0, 0.05) is 11.1 Å². The summed E-state index contributed by atoms with van der Waals surface area (Å²) in [7, 11) is 0. The van der Waals surface area contributed by atoms with Gasteiger partial charge in [-0.1, -0.05) is 29.4 Å². The number of carbonyl (C=O) groups excluding carboxylic acids is 1. The second-order valence-electron chi connectivity index (χ2n) is 5.00. The van der Waals surface area contributed by atoms with Gasteiger partial charge in [-0.2, -0.15) is 4.98 Å². The molecule has 0 aliphatic heterocycles. The average molecular weight is 309 g/mol. The minimum absolute atomic E-state index is 0.148. The molecule has 3 aromatic rings. The van der Waals surface area contributed by atoms with Crippen LogP contribution in [-0.2, 0) is 6.61 Å². The van der Waals surface area contributed by atoms with Gasteiger partial charge in [0.25, 0.3) is 5.89 Å². The number of benzene rings is 2. The second kappa shape index (κ2) is 6.31. The Morgan fingerprint density at radius 2 is 1.91 bits per heavy atom. The number of ether oxygens (including phenoxy) is 1. The minimum atomic E-state index is -0.476. The number of nitrogens with two attached hydrogens (primary N) is 1. The number of nitrogens with zero attached hydrogens (tertiary/aromatic N) is 2. The molecule has 1 aromatic heterocycles. The number of carbonyl (C=O) groups is 1. The molecule has 6 heteroatoms. The molecule has 1 amide bonds. The van der Waals surface area contributed by atoms with Crippen molar-refractivity contribution in [2.75, 3.05) is 0 Å². The van der Waals surface area contributed by atoms with Crippen molar-refractivity contribution in [3.05, 3.63) is 65.5 Å². The molecular formula is C17H15N3O3. The van der Waals surface area contributed by atoms with E-state index in [1.165, 1.54) is 0 Å². The van der Waals surface area contributed by atoms with E-state index in [0.29, 0.717) is 23.0 Å². The SMILES string of the molecule is Cc1ccccc1-c1noc(COc2ccc(C(N)=O)cc2)n1. The molecule has 0 fully saturated rings. The Morgan fingerprint density at radius 3 is 2.61 bits per heavy atom. The van der Waals surface area contributed by atoms with Crippen molar-refractivity contribution in [1.82, 2.24) is 10.1 Å². The van der Waals surface area contributed by atoms with Gasteiger partial charge in [-0.15, -0.1) is 0 Å². The highest BCUT2D eigenvalue weighted by Crippen LogP contribution is 2.20. The van der Waals surface area contributed by atoms with Crippen LogP contribution in [0.4, 0.5) is 0 Å². The standard InChI is InChI=1S/C17H15N3O3/c1-11-4-2-3-5-14(11)17-19-15(23-20-17)10-22-13-8-6-12(7-9-13)16(18)21/h2-9H,10H2,1H3,(H2,18,21). The molecule has 2 aromatic carbocycles. The quantitative estimate of drug-likeness (QED) is 0.782. The fraction of sp³-hybridized carbons (Fsp3) is 0.118. The van der Waals surface area contributed by atoms with Gasteiger partial charge in [0.1, 0.15) is 5.75 Å². The summed E-state index contributed by atoms with van der Waals surface area (Å²) in [6, 6.07) is 14.3. The summed E-state index contributed by atoms with van der Waals surface area (Å²) < 4.78 is 10.8. The molecule has 1 heterocycles. The summed E-state index contributed by atoms with van der Waals surface area (Å²) in [6.07, 6.45) is 0. The third-order valence-electron chi connectivity index (χ3n) is 3.36. The van der Waals surface area contributed by atoms with E-state index in [4.69, 9.17) is 15.0 Å². The molecular weight excluding hydrogens is 294 g/mol. The summed E-state index contributed by atoms with van der Waals surface area (Å²) in [4.78, 5) is 15.3. The van der Waals surface area contributed by atoms with Gasteiger partial charge in [-0.05, 0) is 36.8 Å². The Kier molecular flexibility index (Phi) is 4.05. The molecule has 0 saturated carbocycles. The highest BCUT2D eigenvalue weighted by atomic mass is 16.5. The summed E-state index contributed by atoms with van der Waals surface area (Å²) in [5, 5.41) is 3.97. The molecule has 0 unspecified atom stereocenters. The normalized spacial score (nSPS) is 10.5. The molecule has 0 saturated heterocycles. The highest BCUT2D eigenvalue weighted by molar-refractivity contribution is 5.92. The summed E-state index contributed by atoms with van der Waals surface area (Å²) in [5.41, 5.74) is 7.61. The first-order chi connectivity index (χ1) is 11.1. The lowest BCUT2D eigenvalue weighted by Crippen LogP contribution is -2.10. The van der Waals surface area contributed by atoms with Crippen LogP contribution in [0.2, 0.25) is 0 Å². The number of rotatable bonds is 5. The lowest BCUT2D eigenvalue weighted by molar-refractivity contribution is 0.1000. The molecule has 0 aliphatic carbocycles. The van der Waals surface area contributed by atoms with E-state index >= 15 is 0 Å². The van der Waals surface area contributed by atoms with Crippen molar-refractivity contribution in [2.45, 2.75) is 13.5 Å². The first-order valence-electron chi connectivity index (χ1n) is 7.05. The van der Waals surface area contributed by atoms with Gasteiger partial charge in [0.05, 0.1) is 0 Å². The maximum atomic E-state index is 11.0. The van der Waals surface area contributed by atoms with Crippen molar-refractivity contribution < 1.29 is 14.1 Å². The molecule has 0 aliphatic rings. The third kappa shape index (κ3) is 3.37. The Hall–Kier alpha value is -3.15. The number of aromatic nitrogens is 2. The van der Waals surface area contributed by atoms with Crippen LogP contribution < -0.4 is 10.5 Å². The van der Waals surface area contributed by atoms with Crippen LogP contribution in [-0.4, -0.2) is 16.0 Å². The van der Waals surface area contributed by atoms with Crippen molar-refractivity contribution in [3.63, 3.8) is 0 Å². The number of hydrogen-bond acceptors (Lipinski definition) is 5. The molecule has 2 N–H and O–H groups in total. The summed E-state index contributed by atoms with van der Waals surface area (Å²) in [5.74, 6) is 1.02. The zero-order valence-corrected chi connectivity index (χ0v) is 12.5. The van der Waals surface area contributed by atoms with Crippen LogP contribution in [0.5, 0.6) is 5.75 Å². The Morgan fingerprint density at radius 1 is 1.17 bits per heavy atom. The first kappa shape index (κ1) is 14.8. The van der Waals surface area contributed by atoms with Gasteiger partial charge in [0.15, 0.2) is 6.61 Å². The van der Waals surface area contributed by atoms with Gasteiger partial charge in [0.2, 0.25) is 11.7 Å². The van der Waals surface area contributed by atoms with Crippen LogP contribution in [0.25, 0.3) is 11.4 Å². The third-order valence-corrected chi connectivity index (χ3v) is 3.36. The summed E-state index contributed by atoms with van der Waals surface area (Å²) >= 11 is 0. The first-order valence-corrected chi connectivity index (χ1v) is 7.05. The topological polar surface area (TPSA) is 91.2 Å². The molecule has 116 valence electrons. The molecule has 0 bridgehead atoms. The lowest BCUT2D eigenvalue weighted by atomic mass is 10.1. The van der Waals surface area contributed by atoms with Crippen LogP contribution in [0.1, 0.15) is 21.8 Å². The van der Waals surface area contributed by atoms with E-state index < -0.39 is 5.91 Å². The molecule has 0 atom stereocenters. The summed E-state index contributed by atoms with van der Waals surface area (Å²) in [6.45, 7) is 2.14. The predicted octanol–water partition coefficient (Wildman–Crippen LogP) is 2.72. The maximum absolute atomic E-state index is 11.0. The second-order valence-corrected chi connectivity index (χ2v) is 5.00. The predicted molar refractivity (Wildman–Crippen MR) is 83.8 cm³/mol. The Balaban J connectivity index is 1.68. The maximum Gasteiger partial charge on any atom is 0.264 e. The van der Waals surface area contributed by atoms with Crippen LogP contribution in [0.15, 0.2) is 53.1 Å². The molecule has 23 heavy (non-hydrogen) atoms. The highest BCUT2D eigenvalue weighted by Gasteiger charge is 2.11. The average Bonchev–Trinajstić information content (AvgIpc) is 3.02. The van der Waals surface area contributed by atoms with E-state index in [9.17, 15) is 4.79 Å². The molecule has 3 rings (SSSR count). The van der Waals surface area contributed by atoms with Crippen LogP contribution in [0, 0.1) is 6.92 Å². The van der Waals surface area contributed by atoms with Crippen molar-refractivity contribution in [2.24, 2.45) is 5.73 Å². The zero-order chi connectivity index (χ0) is 16.2. The largest absolute Gasteiger partial charge is 0.484 e. The van der Waals surface area contributed by atoms with Crippen molar-refractivity contribution in [3.8, 4) is 17.1 Å². The van der Waals surface area contributed by atoms with Gasteiger partial charge in [-0.25, -0.2) is 0 Å². The lowest BCUT2D eigenvalue weighted by Gasteiger charge is -2.03. The van der Waals surface area contributed by atoms with Gasteiger partial charge in [-0.3, -0.25) is 4.79 Å². The van der Waals surface area contributed by atoms with E-state index in [1.807, 2.05) is 31.2 Å². The number of amides is 1. The zero-order valence-electron chi connectivity index (χ0n) is 12.5. The Bertz CT molecular complexity index is 825. The van der Waals surface area contributed by atoms with E-state index in [1.54, 1.807) is 24.3 Å². The Labute approximate surface area is 132 Å². The number of hydrogen-bond donors (Lipinski definition) is 1. The van der Waals surface area contributed by atoms with E-state index in [2.05, 4.69) is 10.1 Å². The number of aryl methyl sites for hydroxylation is 1. The van der Waals surface area contributed by atoms with Crippen molar-refractivity contribution in [1.29, 1.82) is 0 Å². The van der Waals surface area contributed by atoms with Gasteiger partial charge >= 0.3 is 0 Å². The molecule has 0 spiro atoms. The molecule has 0 radical (unpaired) electrons. The smallest absolute Gasteiger partial charge is 0.264 e.